The van der Waals surface area contributed by atoms with Gasteiger partial charge in [-0.2, -0.15) is 5.10 Å². The molecule has 0 spiro atoms. The number of anilines is 2. The Morgan fingerprint density at radius 3 is 2.68 bits per heavy atom. The Labute approximate surface area is 128 Å². The average molecular weight is 301 g/mol. The fourth-order valence-corrected chi connectivity index (χ4v) is 3.05. The van der Waals surface area contributed by atoms with Crippen molar-refractivity contribution in [3.8, 4) is 0 Å². The topological polar surface area (TPSA) is 90.2 Å². The van der Waals surface area contributed by atoms with E-state index in [0.29, 0.717) is 17.3 Å². The van der Waals surface area contributed by atoms with Crippen LogP contribution in [0.5, 0.6) is 0 Å². The van der Waals surface area contributed by atoms with E-state index in [2.05, 4.69) is 10.00 Å². The van der Waals surface area contributed by atoms with E-state index in [4.69, 9.17) is 5.73 Å². The molecule has 0 atom stereocenters. The standard InChI is InChI=1S/C15H19N5O2/c1-18-10-12(9-17-18)11-4-6-19(7-5-11)15-8-13(16)2-3-14(15)20(21)22/h2-3,8-11H,4-7,16H2,1H3. The number of piperidine rings is 1. The van der Waals surface area contributed by atoms with Crippen LogP contribution in [-0.2, 0) is 7.05 Å². The second kappa shape index (κ2) is 5.67. The number of nitrogens with zero attached hydrogens (tertiary/aromatic N) is 4. The molecule has 0 amide bonds. The van der Waals surface area contributed by atoms with Crippen molar-refractivity contribution >= 4 is 17.1 Å². The molecule has 0 aliphatic carbocycles. The minimum Gasteiger partial charge on any atom is -0.399 e. The molecule has 22 heavy (non-hydrogen) atoms. The largest absolute Gasteiger partial charge is 0.399 e. The lowest BCUT2D eigenvalue weighted by Gasteiger charge is -2.33. The highest BCUT2D eigenvalue weighted by atomic mass is 16.6. The molecule has 7 nitrogen and oxygen atoms in total. The van der Waals surface area contributed by atoms with Gasteiger partial charge >= 0.3 is 0 Å². The molecule has 2 N–H and O–H groups in total. The number of hydrogen-bond acceptors (Lipinski definition) is 5. The predicted molar refractivity (Wildman–Crippen MR) is 84.9 cm³/mol. The first-order valence-corrected chi connectivity index (χ1v) is 7.32. The SMILES string of the molecule is Cn1cc(C2CCN(c3cc(N)ccc3[N+](=O)[O-])CC2)cn1. The Hall–Kier alpha value is -2.57. The van der Waals surface area contributed by atoms with E-state index < -0.39 is 0 Å². The number of benzene rings is 1. The molecule has 1 saturated heterocycles. The van der Waals surface area contributed by atoms with Crippen LogP contribution >= 0.6 is 0 Å². The average Bonchev–Trinajstić information content (AvgIpc) is 2.93. The Morgan fingerprint density at radius 2 is 2.09 bits per heavy atom. The molecule has 2 aromatic rings. The summed E-state index contributed by atoms with van der Waals surface area (Å²) in [6, 6.07) is 4.75. The molecule has 116 valence electrons. The fraction of sp³-hybridized carbons (Fsp3) is 0.400. The fourth-order valence-electron chi connectivity index (χ4n) is 3.05. The van der Waals surface area contributed by atoms with Crippen molar-refractivity contribution in [2.75, 3.05) is 23.7 Å². The number of nitrogen functional groups attached to an aromatic ring is 1. The Kier molecular flexibility index (Phi) is 3.70. The third-order valence-corrected chi connectivity index (χ3v) is 4.23. The van der Waals surface area contributed by atoms with Crippen molar-refractivity contribution in [3.63, 3.8) is 0 Å². The molecular weight excluding hydrogens is 282 g/mol. The third-order valence-electron chi connectivity index (χ3n) is 4.23. The molecule has 0 radical (unpaired) electrons. The van der Waals surface area contributed by atoms with Gasteiger partial charge in [-0.05, 0) is 36.5 Å². The summed E-state index contributed by atoms with van der Waals surface area (Å²) in [6.45, 7) is 1.56. The van der Waals surface area contributed by atoms with Gasteiger partial charge in [-0.25, -0.2) is 0 Å². The van der Waals surface area contributed by atoms with Gasteiger partial charge in [0, 0.05) is 38.1 Å². The Bertz CT molecular complexity index is 689. The molecule has 2 heterocycles. The molecule has 1 fully saturated rings. The van der Waals surface area contributed by atoms with E-state index in [0.717, 1.165) is 25.9 Å². The van der Waals surface area contributed by atoms with Crippen LogP contribution in [0.4, 0.5) is 17.1 Å². The predicted octanol–water partition coefficient (Wildman–Crippen LogP) is 2.29. The van der Waals surface area contributed by atoms with Crippen LogP contribution in [-0.4, -0.2) is 27.8 Å². The van der Waals surface area contributed by atoms with Crippen LogP contribution in [0, 0.1) is 10.1 Å². The molecule has 7 heteroatoms. The van der Waals surface area contributed by atoms with Crippen LogP contribution < -0.4 is 10.6 Å². The maximum absolute atomic E-state index is 11.2. The van der Waals surface area contributed by atoms with E-state index in [-0.39, 0.29) is 10.6 Å². The monoisotopic (exact) mass is 301 g/mol. The van der Waals surface area contributed by atoms with Crippen molar-refractivity contribution in [2.24, 2.45) is 7.05 Å². The smallest absolute Gasteiger partial charge is 0.292 e. The molecule has 1 aromatic carbocycles. The highest BCUT2D eigenvalue weighted by Crippen LogP contribution is 2.35. The summed E-state index contributed by atoms with van der Waals surface area (Å²) in [6.07, 6.45) is 5.86. The summed E-state index contributed by atoms with van der Waals surface area (Å²) < 4.78 is 1.81. The number of aryl methyl sites for hydroxylation is 1. The van der Waals surface area contributed by atoms with E-state index in [1.165, 1.54) is 11.6 Å². The number of hydrogen-bond donors (Lipinski definition) is 1. The van der Waals surface area contributed by atoms with Gasteiger partial charge in [0.1, 0.15) is 5.69 Å². The van der Waals surface area contributed by atoms with Gasteiger partial charge in [-0.3, -0.25) is 14.8 Å². The highest BCUT2D eigenvalue weighted by molar-refractivity contribution is 5.68. The summed E-state index contributed by atoms with van der Waals surface area (Å²) in [4.78, 5) is 12.9. The summed E-state index contributed by atoms with van der Waals surface area (Å²) in [5, 5.41) is 15.4. The van der Waals surface area contributed by atoms with Gasteiger partial charge in [-0.1, -0.05) is 0 Å². The second-order valence-electron chi connectivity index (χ2n) is 5.71. The highest BCUT2D eigenvalue weighted by Gasteiger charge is 2.26. The number of rotatable bonds is 3. The van der Waals surface area contributed by atoms with E-state index >= 15 is 0 Å². The third kappa shape index (κ3) is 2.74. The van der Waals surface area contributed by atoms with Gasteiger partial charge < -0.3 is 10.6 Å². The molecular formula is C15H19N5O2. The number of nitro groups is 1. The first kappa shape index (κ1) is 14.4. The van der Waals surface area contributed by atoms with Crippen LogP contribution in [0.2, 0.25) is 0 Å². The van der Waals surface area contributed by atoms with Gasteiger partial charge in [0.05, 0.1) is 11.1 Å². The molecule has 1 aromatic heterocycles. The lowest BCUT2D eigenvalue weighted by atomic mass is 9.91. The summed E-state index contributed by atoms with van der Waals surface area (Å²) in [5.41, 5.74) is 8.33. The van der Waals surface area contributed by atoms with Crippen molar-refractivity contribution in [2.45, 2.75) is 18.8 Å². The van der Waals surface area contributed by atoms with Crippen molar-refractivity contribution in [1.29, 1.82) is 0 Å². The van der Waals surface area contributed by atoms with Gasteiger partial charge in [0.2, 0.25) is 0 Å². The summed E-state index contributed by atoms with van der Waals surface area (Å²) >= 11 is 0. The summed E-state index contributed by atoms with van der Waals surface area (Å²) in [5.74, 6) is 0.463. The first-order chi connectivity index (χ1) is 10.5. The molecule has 1 aliphatic heterocycles. The molecule has 0 saturated carbocycles. The van der Waals surface area contributed by atoms with E-state index in [1.54, 1.807) is 12.1 Å². The molecule has 0 unspecified atom stereocenters. The van der Waals surface area contributed by atoms with Crippen LogP contribution in [0.1, 0.15) is 24.3 Å². The molecule has 0 bridgehead atoms. The number of nitrogens with two attached hydrogens (primary N) is 1. The zero-order chi connectivity index (χ0) is 15.7. The van der Waals surface area contributed by atoms with Crippen molar-refractivity contribution in [3.05, 3.63) is 46.3 Å². The van der Waals surface area contributed by atoms with Crippen LogP contribution in [0.25, 0.3) is 0 Å². The van der Waals surface area contributed by atoms with Crippen molar-refractivity contribution < 1.29 is 4.92 Å². The minimum atomic E-state index is -0.345. The second-order valence-corrected chi connectivity index (χ2v) is 5.71. The first-order valence-electron chi connectivity index (χ1n) is 7.32. The zero-order valence-corrected chi connectivity index (χ0v) is 12.5. The Morgan fingerprint density at radius 1 is 1.36 bits per heavy atom. The normalized spacial score (nSPS) is 16.0. The summed E-state index contributed by atoms with van der Waals surface area (Å²) in [7, 11) is 1.91. The van der Waals surface area contributed by atoms with E-state index in [9.17, 15) is 10.1 Å². The van der Waals surface area contributed by atoms with Crippen molar-refractivity contribution in [1.82, 2.24) is 9.78 Å². The minimum absolute atomic E-state index is 0.119. The maximum atomic E-state index is 11.2. The zero-order valence-electron chi connectivity index (χ0n) is 12.5. The van der Waals surface area contributed by atoms with E-state index in [1.807, 2.05) is 24.1 Å². The molecule has 1 aliphatic rings. The Balaban J connectivity index is 1.76. The number of nitro benzene ring substituents is 1. The van der Waals surface area contributed by atoms with Gasteiger partial charge in [0.15, 0.2) is 0 Å². The van der Waals surface area contributed by atoms with Gasteiger partial charge in [-0.15, -0.1) is 0 Å². The molecule has 3 rings (SSSR count). The number of aromatic nitrogens is 2. The van der Waals surface area contributed by atoms with Crippen LogP contribution in [0.3, 0.4) is 0 Å². The lowest BCUT2D eigenvalue weighted by Crippen LogP contribution is -2.33. The van der Waals surface area contributed by atoms with Gasteiger partial charge in [0.25, 0.3) is 5.69 Å². The van der Waals surface area contributed by atoms with Crippen LogP contribution in [0.15, 0.2) is 30.6 Å². The lowest BCUT2D eigenvalue weighted by molar-refractivity contribution is -0.384. The quantitative estimate of drug-likeness (QED) is 0.533. The maximum Gasteiger partial charge on any atom is 0.292 e.